The van der Waals surface area contributed by atoms with E-state index in [2.05, 4.69) is 5.32 Å². The largest absolute Gasteiger partial charge is 0.495 e. The summed E-state index contributed by atoms with van der Waals surface area (Å²) in [7, 11) is -2.38. The van der Waals surface area contributed by atoms with Crippen molar-refractivity contribution in [1.29, 1.82) is 0 Å². The summed E-state index contributed by atoms with van der Waals surface area (Å²) >= 11 is 6.21. The number of anilines is 1. The number of hydrogen-bond acceptors (Lipinski definition) is 5. The van der Waals surface area contributed by atoms with Gasteiger partial charge in [-0.3, -0.25) is 13.9 Å². The molecular formula is C25H32ClN3O5S. The zero-order chi connectivity index (χ0) is 25.6. The molecule has 190 valence electrons. The molecule has 1 fully saturated rings. The van der Waals surface area contributed by atoms with Crippen LogP contribution in [0.3, 0.4) is 0 Å². The first-order valence-electron chi connectivity index (χ1n) is 11.5. The second-order valence-corrected chi connectivity index (χ2v) is 11.1. The highest BCUT2D eigenvalue weighted by atomic mass is 35.5. The molecule has 0 saturated heterocycles. The summed E-state index contributed by atoms with van der Waals surface area (Å²) in [6.07, 6.45) is 5.01. The lowest BCUT2D eigenvalue weighted by Gasteiger charge is -2.32. The molecule has 2 aromatic carbocycles. The summed E-state index contributed by atoms with van der Waals surface area (Å²) in [4.78, 5) is 28.0. The van der Waals surface area contributed by atoms with Gasteiger partial charge < -0.3 is 15.0 Å². The Hall–Kier alpha value is -2.78. The number of rotatable bonds is 10. The van der Waals surface area contributed by atoms with Crippen LogP contribution in [0.15, 0.2) is 48.5 Å². The lowest BCUT2D eigenvalue weighted by Crippen LogP contribution is -2.52. The molecule has 35 heavy (non-hydrogen) atoms. The van der Waals surface area contributed by atoms with Crippen LogP contribution in [0.5, 0.6) is 5.75 Å². The molecule has 0 bridgehead atoms. The number of methoxy groups -OCH3 is 1. The SMILES string of the molecule is COc1ccc(N(CC(=O)N(Cc2ccccc2)[C@@H](C)C(=O)NC2CCCC2)S(C)(=O)=O)cc1Cl. The molecule has 1 atom stereocenters. The van der Waals surface area contributed by atoms with Crippen molar-refractivity contribution < 1.29 is 22.7 Å². The minimum Gasteiger partial charge on any atom is -0.495 e. The van der Waals surface area contributed by atoms with Crippen LogP contribution in [0.2, 0.25) is 5.02 Å². The van der Waals surface area contributed by atoms with Crippen LogP contribution in [-0.4, -0.2) is 57.1 Å². The van der Waals surface area contributed by atoms with Crippen molar-refractivity contribution in [2.24, 2.45) is 0 Å². The third-order valence-electron chi connectivity index (χ3n) is 6.17. The van der Waals surface area contributed by atoms with Crippen molar-refractivity contribution in [3.8, 4) is 5.75 Å². The third kappa shape index (κ3) is 7.11. The number of sulfonamides is 1. The fourth-order valence-corrected chi connectivity index (χ4v) is 5.27. The first-order chi connectivity index (χ1) is 16.6. The van der Waals surface area contributed by atoms with E-state index in [1.807, 2.05) is 30.3 Å². The van der Waals surface area contributed by atoms with E-state index in [0.717, 1.165) is 41.8 Å². The number of carbonyl (C=O) groups is 2. The van der Waals surface area contributed by atoms with E-state index < -0.39 is 28.5 Å². The quantitative estimate of drug-likeness (QED) is 0.515. The van der Waals surface area contributed by atoms with E-state index in [-0.39, 0.29) is 29.2 Å². The summed E-state index contributed by atoms with van der Waals surface area (Å²) in [6.45, 7) is 1.36. The van der Waals surface area contributed by atoms with Crippen LogP contribution in [-0.2, 0) is 26.2 Å². The van der Waals surface area contributed by atoms with Gasteiger partial charge in [0.1, 0.15) is 18.3 Å². The Labute approximate surface area is 212 Å². The van der Waals surface area contributed by atoms with Gasteiger partial charge in [-0.2, -0.15) is 0 Å². The standard InChI is InChI=1S/C25H32ClN3O5S/c1-18(25(31)27-20-11-7-8-12-20)28(16-19-9-5-4-6-10-19)24(30)17-29(35(3,32)33)21-13-14-23(34-2)22(26)15-21/h4-6,9-10,13-15,18,20H,7-8,11-12,16-17H2,1-3H3,(H,27,31)/t18-/m0/s1. The molecule has 1 N–H and O–H groups in total. The third-order valence-corrected chi connectivity index (χ3v) is 7.60. The summed E-state index contributed by atoms with van der Waals surface area (Å²) in [5.41, 5.74) is 1.06. The zero-order valence-corrected chi connectivity index (χ0v) is 21.8. The summed E-state index contributed by atoms with van der Waals surface area (Å²) in [6, 6.07) is 13.1. The van der Waals surface area contributed by atoms with Crippen LogP contribution in [0.25, 0.3) is 0 Å². The normalized spacial score (nSPS) is 14.9. The summed E-state index contributed by atoms with van der Waals surface area (Å²) < 4.78 is 31.4. The molecule has 0 radical (unpaired) electrons. The smallest absolute Gasteiger partial charge is 0.244 e. The van der Waals surface area contributed by atoms with Gasteiger partial charge in [0.15, 0.2) is 0 Å². The Kier molecular flexibility index (Phi) is 9.02. The second kappa shape index (κ2) is 11.8. The molecule has 1 saturated carbocycles. The number of carbonyl (C=O) groups excluding carboxylic acids is 2. The Balaban J connectivity index is 1.87. The Morgan fingerprint density at radius 3 is 2.37 bits per heavy atom. The highest BCUT2D eigenvalue weighted by Crippen LogP contribution is 2.30. The maximum Gasteiger partial charge on any atom is 0.244 e. The molecule has 10 heteroatoms. The lowest BCUT2D eigenvalue weighted by atomic mass is 10.1. The zero-order valence-electron chi connectivity index (χ0n) is 20.2. The highest BCUT2D eigenvalue weighted by Gasteiger charge is 2.31. The van der Waals surface area contributed by atoms with Gasteiger partial charge in [0.25, 0.3) is 0 Å². The number of ether oxygens (including phenoxy) is 1. The first kappa shape index (κ1) is 26.8. The van der Waals surface area contributed by atoms with E-state index in [9.17, 15) is 18.0 Å². The maximum absolute atomic E-state index is 13.6. The van der Waals surface area contributed by atoms with E-state index in [4.69, 9.17) is 16.3 Å². The summed E-state index contributed by atoms with van der Waals surface area (Å²) in [5.74, 6) is -0.363. The molecule has 2 aromatic rings. The molecule has 0 aromatic heterocycles. The van der Waals surface area contributed by atoms with Crippen molar-refractivity contribution in [2.45, 2.75) is 51.2 Å². The number of hydrogen-bond donors (Lipinski definition) is 1. The van der Waals surface area contributed by atoms with E-state index in [0.29, 0.717) is 5.75 Å². The molecular weight excluding hydrogens is 490 g/mol. The molecule has 0 aliphatic heterocycles. The summed E-state index contributed by atoms with van der Waals surface area (Å²) in [5, 5.41) is 3.26. The van der Waals surface area contributed by atoms with Crippen LogP contribution < -0.4 is 14.4 Å². The second-order valence-electron chi connectivity index (χ2n) is 8.76. The molecule has 0 unspecified atom stereocenters. The molecule has 1 aliphatic rings. The van der Waals surface area contributed by atoms with E-state index in [1.165, 1.54) is 24.1 Å². The van der Waals surface area contributed by atoms with Crippen molar-refractivity contribution in [3.63, 3.8) is 0 Å². The van der Waals surface area contributed by atoms with E-state index >= 15 is 0 Å². The number of benzene rings is 2. The Morgan fingerprint density at radius 1 is 1.14 bits per heavy atom. The van der Waals surface area contributed by atoms with E-state index in [1.54, 1.807) is 13.0 Å². The van der Waals surface area contributed by atoms with Crippen molar-refractivity contribution in [2.75, 3.05) is 24.2 Å². The number of amides is 2. The van der Waals surface area contributed by atoms with Crippen LogP contribution in [0.4, 0.5) is 5.69 Å². The number of nitrogens with zero attached hydrogens (tertiary/aromatic N) is 2. The average Bonchev–Trinajstić information content (AvgIpc) is 3.33. The van der Waals surface area contributed by atoms with Gasteiger partial charge in [-0.1, -0.05) is 54.8 Å². The average molecular weight is 522 g/mol. The van der Waals surface area contributed by atoms with Crippen LogP contribution in [0.1, 0.15) is 38.2 Å². The molecule has 1 aliphatic carbocycles. The number of nitrogens with one attached hydrogen (secondary N) is 1. The lowest BCUT2D eigenvalue weighted by molar-refractivity contribution is -0.139. The Bertz CT molecular complexity index is 1140. The minimum atomic E-state index is -3.83. The Morgan fingerprint density at radius 2 is 1.80 bits per heavy atom. The molecule has 0 spiro atoms. The van der Waals surface area contributed by atoms with Crippen LogP contribution >= 0.6 is 11.6 Å². The molecule has 2 amide bonds. The number of halogens is 1. The minimum absolute atomic E-state index is 0.104. The van der Waals surface area contributed by atoms with Gasteiger partial charge >= 0.3 is 0 Å². The first-order valence-corrected chi connectivity index (χ1v) is 13.8. The predicted molar refractivity (Wildman–Crippen MR) is 137 cm³/mol. The van der Waals surface area contributed by atoms with Crippen molar-refractivity contribution in [1.82, 2.24) is 10.2 Å². The topological polar surface area (TPSA) is 96.0 Å². The van der Waals surface area contributed by atoms with Crippen LogP contribution in [0, 0.1) is 0 Å². The van der Waals surface area contributed by atoms with Crippen molar-refractivity contribution in [3.05, 3.63) is 59.1 Å². The van der Waals surface area contributed by atoms with Gasteiger partial charge in [-0.05, 0) is 43.5 Å². The van der Waals surface area contributed by atoms with Gasteiger partial charge in [0.2, 0.25) is 21.8 Å². The maximum atomic E-state index is 13.6. The molecule has 8 nitrogen and oxygen atoms in total. The van der Waals surface area contributed by atoms with Crippen molar-refractivity contribution >= 4 is 39.1 Å². The molecule has 3 rings (SSSR count). The van der Waals surface area contributed by atoms with Gasteiger partial charge in [-0.15, -0.1) is 0 Å². The highest BCUT2D eigenvalue weighted by molar-refractivity contribution is 7.92. The van der Waals surface area contributed by atoms with Gasteiger partial charge in [0, 0.05) is 12.6 Å². The monoisotopic (exact) mass is 521 g/mol. The predicted octanol–water partition coefficient (Wildman–Crippen LogP) is 3.59. The fourth-order valence-electron chi connectivity index (χ4n) is 4.18. The fraction of sp³-hybridized carbons (Fsp3) is 0.440. The van der Waals surface area contributed by atoms with Gasteiger partial charge in [-0.25, -0.2) is 8.42 Å². The molecule has 0 heterocycles. The van der Waals surface area contributed by atoms with Gasteiger partial charge in [0.05, 0.1) is 24.1 Å².